The second-order valence-corrected chi connectivity index (χ2v) is 22.9. The number of nitrogens with zero attached hydrogens (tertiary/aromatic N) is 6. The molecule has 356 valence electrons. The van der Waals surface area contributed by atoms with Gasteiger partial charge in [-0.2, -0.15) is 0 Å². The van der Waals surface area contributed by atoms with Crippen LogP contribution in [0, 0.1) is 18.6 Å². The van der Waals surface area contributed by atoms with E-state index in [9.17, 15) is 14.5 Å². The number of piperidine rings is 2. The van der Waals surface area contributed by atoms with Gasteiger partial charge in [-0.15, -0.1) is 0 Å². The molecular formula is C50H61BrF2N9O4P. The third kappa shape index (κ3) is 10.3. The van der Waals surface area contributed by atoms with Gasteiger partial charge in [0, 0.05) is 63.8 Å². The van der Waals surface area contributed by atoms with Crippen molar-refractivity contribution in [2.24, 2.45) is 0 Å². The zero-order valence-corrected chi connectivity index (χ0v) is 41.2. The zero-order valence-electron chi connectivity index (χ0n) is 38.6. The van der Waals surface area contributed by atoms with Gasteiger partial charge in [-0.25, -0.2) is 8.78 Å². The molecule has 3 aromatic carbocycles. The van der Waals surface area contributed by atoms with Gasteiger partial charge in [0.2, 0.25) is 11.8 Å². The van der Waals surface area contributed by atoms with Gasteiger partial charge in [-0.05, 0) is 43.4 Å². The van der Waals surface area contributed by atoms with Crippen LogP contribution in [0.5, 0.6) is 5.75 Å². The number of aromatic nitrogens is 3. The number of rotatable bonds is 14. The first-order chi connectivity index (χ1) is 32.4. The molecule has 4 saturated heterocycles. The number of nitrogens with one attached hydrogen (secondary N) is 3. The van der Waals surface area contributed by atoms with Gasteiger partial charge in [-0.1, -0.05) is 0 Å². The van der Waals surface area contributed by atoms with Crippen molar-refractivity contribution in [2.45, 2.75) is 84.1 Å². The molecule has 13 nitrogen and oxygen atoms in total. The molecule has 2 amide bonds. The number of piperazine rings is 1. The number of benzene rings is 3. The van der Waals surface area contributed by atoms with Crippen molar-refractivity contribution in [3.05, 3.63) is 93.2 Å². The standard InChI is InChI=1S/C50H61BrF2N9O4P/c1-4-33-28-42(57-50-54-30-37(51)48(59-50)56-41-12-11-40-35(9-8-31(3)55-40)47(41)67(65)24-6-7-25-67)44(66-5-2)29-43(33)62-18-15-34(16-19-62)61-22-20-60(21-23-61)17-14-32-26-38(52)46(39(53)27-32)36-10-13-45(63)58-49(36)64/h8-9,11-12,26-30,34,36,65,67H,4-7,10,13-25H2,1-3H3,(H,58,63,64)(H2,54,56,57,59). The number of halogens is 3. The molecule has 17 heteroatoms. The Morgan fingerprint density at radius 2 is 1.66 bits per heavy atom. The van der Waals surface area contributed by atoms with Crippen molar-refractivity contribution in [3.8, 4) is 5.75 Å². The summed E-state index contributed by atoms with van der Waals surface area (Å²) in [7, 11) is -2.75. The molecule has 4 aliphatic heterocycles. The zero-order chi connectivity index (χ0) is 46.8. The van der Waals surface area contributed by atoms with Crippen molar-refractivity contribution in [1.82, 2.24) is 30.1 Å². The molecule has 4 N–H and O–H groups in total. The number of imide groups is 1. The van der Waals surface area contributed by atoms with E-state index < -0.39 is 36.9 Å². The number of anilines is 5. The van der Waals surface area contributed by atoms with Gasteiger partial charge < -0.3 is 4.90 Å². The van der Waals surface area contributed by atoms with Gasteiger partial charge in [0.25, 0.3) is 0 Å². The van der Waals surface area contributed by atoms with E-state index in [-0.39, 0.29) is 18.4 Å². The first kappa shape index (κ1) is 47.2. The molecule has 4 aliphatic rings. The number of carbonyl (C=O) groups excluding carboxylic acids is 2. The molecule has 0 saturated carbocycles. The van der Waals surface area contributed by atoms with Gasteiger partial charge >= 0.3 is 232 Å². The Bertz CT molecular complexity index is 2630. The molecule has 67 heavy (non-hydrogen) atoms. The summed E-state index contributed by atoms with van der Waals surface area (Å²) in [5.74, 6) is -1.76. The summed E-state index contributed by atoms with van der Waals surface area (Å²) in [5.41, 5.74) is 6.18. The van der Waals surface area contributed by atoms with E-state index >= 15 is 8.78 Å². The Morgan fingerprint density at radius 1 is 0.910 bits per heavy atom. The fourth-order valence-corrected chi connectivity index (χ4v) is 14.7. The first-order valence-corrected chi connectivity index (χ1v) is 27.1. The van der Waals surface area contributed by atoms with E-state index in [1.54, 1.807) is 6.20 Å². The predicted octanol–water partition coefficient (Wildman–Crippen LogP) is 8.25. The van der Waals surface area contributed by atoms with Crippen molar-refractivity contribution in [1.29, 1.82) is 0 Å². The summed E-state index contributed by atoms with van der Waals surface area (Å²) in [6.45, 7) is 12.9. The summed E-state index contributed by atoms with van der Waals surface area (Å²) in [6.07, 6.45) is 9.04. The minimum atomic E-state index is -2.75. The molecule has 9 rings (SSSR count). The van der Waals surface area contributed by atoms with Crippen LogP contribution in [0.15, 0.2) is 59.2 Å². The number of hydrogen-bond acceptors (Lipinski definition) is 12. The molecule has 5 aromatic rings. The fraction of sp³-hybridized carbons (Fsp3) is 0.460. The number of aryl methyl sites for hydroxylation is 2. The van der Waals surface area contributed by atoms with Gasteiger partial charge in [0.1, 0.15) is 11.6 Å². The molecule has 0 spiro atoms. The summed E-state index contributed by atoms with van der Waals surface area (Å²) in [4.78, 5) is 57.8. The average Bonchev–Trinajstić information content (AvgIpc) is 3.77. The maximum atomic E-state index is 15.1. The Balaban J connectivity index is 0.824. The topological polar surface area (TPSA) is 148 Å². The molecule has 0 aliphatic carbocycles. The molecule has 6 heterocycles. The number of carbonyl (C=O) groups is 2. The normalized spacial score (nSPS) is 20.0. The minimum absolute atomic E-state index is 0.0669. The van der Waals surface area contributed by atoms with Crippen LogP contribution in [0.2, 0.25) is 0 Å². The van der Waals surface area contributed by atoms with Crippen molar-refractivity contribution in [2.75, 3.05) is 80.3 Å². The summed E-state index contributed by atoms with van der Waals surface area (Å²) in [5, 5.41) is 11.2. The fourth-order valence-electron chi connectivity index (χ4n) is 10.6. The van der Waals surface area contributed by atoms with Crippen LogP contribution in [0.3, 0.4) is 0 Å². The molecule has 1 unspecified atom stereocenters. The molecule has 4 fully saturated rings. The molecule has 2 aromatic heterocycles. The van der Waals surface area contributed by atoms with Crippen LogP contribution >= 0.6 is 23.4 Å². The average molecular weight is 1000 g/mol. The predicted molar refractivity (Wildman–Crippen MR) is 267 cm³/mol. The molecule has 0 radical (unpaired) electrons. The van der Waals surface area contributed by atoms with Crippen LogP contribution in [0.1, 0.15) is 80.7 Å². The van der Waals surface area contributed by atoms with Crippen LogP contribution in [0.4, 0.5) is 37.6 Å². The van der Waals surface area contributed by atoms with E-state index in [0.29, 0.717) is 47.4 Å². The van der Waals surface area contributed by atoms with E-state index in [1.807, 2.05) is 32.0 Å². The van der Waals surface area contributed by atoms with Crippen molar-refractivity contribution >= 4 is 80.3 Å². The van der Waals surface area contributed by atoms with Gasteiger partial charge in [-0.3, -0.25) is 19.8 Å². The van der Waals surface area contributed by atoms with Gasteiger partial charge in [0.05, 0.1) is 5.92 Å². The molecular weight excluding hydrogens is 939 g/mol. The number of hydrogen-bond donors (Lipinski definition) is 4. The first-order valence-electron chi connectivity index (χ1n) is 23.9. The van der Waals surface area contributed by atoms with E-state index in [0.717, 1.165) is 123 Å². The second-order valence-electron chi connectivity index (χ2n) is 18.5. The molecule has 0 bridgehead atoms. The van der Waals surface area contributed by atoms with E-state index in [4.69, 9.17) is 14.7 Å². The monoisotopic (exact) mass is 999 g/mol. The Hall–Kier alpha value is -4.86. The number of amides is 2. The maximum absolute atomic E-state index is 15.1. The molecule has 1 atom stereocenters. The van der Waals surface area contributed by atoms with Crippen LogP contribution in [-0.4, -0.2) is 112 Å². The van der Waals surface area contributed by atoms with Gasteiger partial charge in [0.15, 0.2) is 0 Å². The third-order valence-electron chi connectivity index (χ3n) is 14.2. The SMILES string of the molecule is CCOc1cc(N2CCC(N3CCN(CCc4cc(F)c(C5CCC(=O)NC5=O)c(F)c4)CC3)CC2)c(CC)cc1Nc1ncc(Br)c(Nc2ccc3nc(C)ccc3c2[PH]2(O)CCCC2)n1. The third-order valence-corrected chi connectivity index (χ3v) is 18.6. The number of pyridine rings is 1. The summed E-state index contributed by atoms with van der Waals surface area (Å²) >= 11 is 3.68. The van der Waals surface area contributed by atoms with Crippen LogP contribution in [0.25, 0.3) is 10.9 Å². The van der Waals surface area contributed by atoms with Crippen molar-refractivity contribution in [3.63, 3.8) is 0 Å². The quantitative estimate of drug-likeness (QED) is 0.0628. The Morgan fingerprint density at radius 3 is 2.36 bits per heavy atom. The van der Waals surface area contributed by atoms with E-state index in [2.05, 4.69) is 76.7 Å². The van der Waals surface area contributed by atoms with Crippen LogP contribution < -0.4 is 30.9 Å². The Labute approximate surface area is 400 Å². The summed E-state index contributed by atoms with van der Waals surface area (Å²) in [6, 6.07) is 15.6. The number of ether oxygens (including phenoxy) is 1. The summed E-state index contributed by atoms with van der Waals surface area (Å²) < 4.78 is 37.3. The Kier molecular flexibility index (Phi) is 14.4. The van der Waals surface area contributed by atoms with Crippen molar-refractivity contribution < 1.29 is 28.0 Å². The van der Waals surface area contributed by atoms with E-state index in [1.165, 1.54) is 23.4 Å². The van der Waals surface area contributed by atoms with Crippen LogP contribution in [-0.2, 0) is 22.4 Å². The second kappa shape index (κ2) is 20.4. The number of fused-ring (bicyclic) bond motifs is 1.